The molecule has 0 spiro atoms. The van der Waals surface area contributed by atoms with E-state index in [1.54, 1.807) is 18.3 Å². The highest BCUT2D eigenvalue weighted by atomic mass is 79.9. The van der Waals surface area contributed by atoms with Gasteiger partial charge in [-0.1, -0.05) is 34.1 Å². The van der Waals surface area contributed by atoms with Gasteiger partial charge in [0.2, 0.25) is 0 Å². The highest BCUT2D eigenvalue weighted by molar-refractivity contribution is 9.10. The van der Waals surface area contributed by atoms with Crippen LogP contribution in [0.3, 0.4) is 0 Å². The third-order valence-electron chi connectivity index (χ3n) is 3.28. The van der Waals surface area contributed by atoms with Crippen molar-refractivity contribution in [1.82, 2.24) is 4.57 Å². The average Bonchev–Trinajstić information content (AvgIpc) is 2.93. The Morgan fingerprint density at radius 2 is 1.91 bits per heavy atom. The number of hydrogen-bond acceptors (Lipinski definition) is 3. The molecule has 108 valence electrons. The number of hydrogen-bond donors (Lipinski definition) is 0. The quantitative estimate of drug-likeness (QED) is 0.714. The molecular formula is C17H11BrN2O2. The van der Waals surface area contributed by atoms with E-state index in [4.69, 9.17) is 10.00 Å². The van der Waals surface area contributed by atoms with Gasteiger partial charge in [0.1, 0.15) is 11.8 Å². The molecule has 1 aromatic heterocycles. The van der Waals surface area contributed by atoms with Crippen molar-refractivity contribution in [2.24, 2.45) is 0 Å². The van der Waals surface area contributed by atoms with Crippen LogP contribution < -0.4 is 4.74 Å². The molecule has 3 rings (SSSR count). The molecule has 0 radical (unpaired) electrons. The first-order valence-corrected chi connectivity index (χ1v) is 7.40. The summed E-state index contributed by atoms with van der Waals surface area (Å²) < 4.78 is 7.91. The summed E-state index contributed by atoms with van der Waals surface area (Å²) in [7, 11) is 0. The third-order valence-corrected chi connectivity index (χ3v) is 3.81. The Labute approximate surface area is 135 Å². The summed E-state index contributed by atoms with van der Waals surface area (Å²) in [5.41, 5.74) is 1.19. The minimum absolute atomic E-state index is 0.0921. The monoisotopic (exact) mass is 354 g/mol. The SMILES string of the molecule is N#Cc1cn(C(=O)COc2ccc(Br)cc2)c2ccccc12. The van der Waals surface area contributed by atoms with Crippen molar-refractivity contribution >= 4 is 32.7 Å². The molecule has 0 N–H and O–H groups in total. The number of nitrogens with zero attached hydrogens (tertiary/aromatic N) is 2. The van der Waals surface area contributed by atoms with Crippen LogP contribution in [0.15, 0.2) is 59.2 Å². The second kappa shape index (κ2) is 6.04. The second-order valence-electron chi connectivity index (χ2n) is 4.68. The molecule has 0 aliphatic carbocycles. The fourth-order valence-electron chi connectivity index (χ4n) is 2.22. The highest BCUT2D eigenvalue weighted by Crippen LogP contribution is 2.21. The van der Waals surface area contributed by atoms with Gasteiger partial charge in [-0.15, -0.1) is 0 Å². The minimum atomic E-state index is -0.222. The van der Waals surface area contributed by atoms with Gasteiger partial charge >= 0.3 is 0 Å². The molecule has 0 aliphatic heterocycles. The van der Waals surface area contributed by atoms with Crippen LogP contribution in [0.25, 0.3) is 10.9 Å². The molecular weight excluding hydrogens is 344 g/mol. The van der Waals surface area contributed by atoms with Crippen LogP contribution in [0.5, 0.6) is 5.75 Å². The molecule has 2 aromatic carbocycles. The van der Waals surface area contributed by atoms with Crippen molar-refractivity contribution in [3.8, 4) is 11.8 Å². The van der Waals surface area contributed by atoms with E-state index in [1.165, 1.54) is 4.57 Å². The first-order chi connectivity index (χ1) is 10.7. The Balaban J connectivity index is 1.83. The van der Waals surface area contributed by atoms with E-state index in [9.17, 15) is 4.79 Å². The summed E-state index contributed by atoms with van der Waals surface area (Å²) in [4.78, 5) is 12.3. The van der Waals surface area contributed by atoms with Crippen molar-refractivity contribution in [2.75, 3.05) is 6.61 Å². The molecule has 5 heteroatoms. The zero-order valence-corrected chi connectivity index (χ0v) is 13.1. The fourth-order valence-corrected chi connectivity index (χ4v) is 2.48. The molecule has 0 bridgehead atoms. The van der Waals surface area contributed by atoms with Crippen molar-refractivity contribution in [3.63, 3.8) is 0 Å². The molecule has 0 aliphatic rings. The molecule has 0 amide bonds. The number of halogens is 1. The van der Waals surface area contributed by atoms with Crippen molar-refractivity contribution in [2.45, 2.75) is 0 Å². The Bertz CT molecular complexity index is 876. The molecule has 0 atom stereocenters. The summed E-state index contributed by atoms with van der Waals surface area (Å²) in [5.74, 6) is 0.397. The van der Waals surface area contributed by atoms with Crippen molar-refractivity contribution < 1.29 is 9.53 Å². The number of fused-ring (bicyclic) bond motifs is 1. The first kappa shape index (κ1) is 14.4. The number of aromatic nitrogens is 1. The van der Waals surface area contributed by atoms with Crippen LogP contribution >= 0.6 is 15.9 Å². The van der Waals surface area contributed by atoms with E-state index in [0.717, 1.165) is 9.86 Å². The summed E-state index contributed by atoms with van der Waals surface area (Å²) in [6.07, 6.45) is 1.55. The Hall–Kier alpha value is -2.58. The number of benzene rings is 2. The van der Waals surface area contributed by atoms with Gasteiger partial charge in [0.15, 0.2) is 6.61 Å². The van der Waals surface area contributed by atoms with Crippen LogP contribution in [0.4, 0.5) is 0 Å². The number of carbonyl (C=O) groups is 1. The Morgan fingerprint density at radius 1 is 1.18 bits per heavy atom. The van der Waals surface area contributed by atoms with Gasteiger partial charge in [-0.25, -0.2) is 0 Å². The summed E-state index contributed by atoms with van der Waals surface area (Å²) in [6, 6.07) is 16.7. The Morgan fingerprint density at radius 3 is 2.64 bits per heavy atom. The van der Waals surface area contributed by atoms with E-state index in [2.05, 4.69) is 22.0 Å². The molecule has 0 saturated heterocycles. The van der Waals surface area contributed by atoms with Gasteiger partial charge in [0, 0.05) is 16.1 Å². The van der Waals surface area contributed by atoms with E-state index in [-0.39, 0.29) is 12.5 Å². The zero-order valence-electron chi connectivity index (χ0n) is 11.5. The number of carbonyl (C=O) groups excluding carboxylic acids is 1. The largest absolute Gasteiger partial charge is 0.484 e. The number of para-hydroxylation sites is 1. The highest BCUT2D eigenvalue weighted by Gasteiger charge is 2.13. The lowest BCUT2D eigenvalue weighted by Gasteiger charge is -2.07. The summed E-state index contributed by atoms with van der Waals surface area (Å²) >= 11 is 3.34. The molecule has 1 heterocycles. The fraction of sp³-hybridized carbons (Fsp3) is 0.0588. The van der Waals surface area contributed by atoms with Crippen molar-refractivity contribution in [1.29, 1.82) is 5.26 Å². The van der Waals surface area contributed by atoms with Crippen LogP contribution in [0, 0.1) is 11.3 Å². The normalized spacial score (nSPS) is 10.4. The van der Waals surface area contributed by atoms with Gasteiger partial charge in [-0.3, -0.25) is 9.36 Å². The summed E-state index contributed by atoms with van der Waals surface area (Å²) in [6.45, 7) is -0.0921. The lowest BCUT2D eigenvalue weighted by Crippen LogP contribution is -2.18. The molecule has 22 heavy (non-hydrogen) atoms. The lowest BCUT2D eigenvalue weighted by molar-refractivity contribution is 0.0843. The first-order valence-electron chi connectivity index (χ1n) is 6.61. The van der Waals surface area contributed by atoms with Crippen LogP contribution in [0.2, 0.25) is 0 Å². The van der Waals surface area contributed by atoms with Crippen LogP contribution in [-0.4, -0.2) is 17.1 Å². The third kappa shape index (κ3) is 2.74. The van der Waals surface area contributed by atoms with E-state index in [0.29, 0.717) is 16.8 Å². The molecule has 0 fully saturated rings. The van der Waals surface area contributed by atoms with Crippen LogP contribution in [-0.2, 0) is 0 Å². The molecule has 0 saturated carbocycles. The standard InChI is InChI=1S/C17H11BrN2O2/c18-13-5-7-14(8-6-13)22-11-17(21)20-10-12(9-19)15-3-1-2-4-16(15)20/h1-8,10H,11H2. The van der Waals surface area contributed by atoms with Crippen LogP contribution in [0.1, 0.15) is 10.4 Å². The van der Waals surface area contributed by atoms with Crippen molar-refractivity contribution in [3.05, 3.63) is 64.8 Å². The smallest absolute Gasteiger partial charge is 0.269 e. The topological polar surface area (TPSA) is 55.0 Å². The van der Waals surface area contributed by atoms with Gasteiger partial charge < -0.3 is 4.74 Å². The predicted molar refractivity (Wildman–Crippen MR) is 86.9 cm³/mol. The van der Waals surface area contributed by atoms with Gasteiger partial charge in [0.25, 0.3) is 5.91 Å². The van der Waals surface area contributed by atoms with Gasteiger partial charge in [0.05, 0.1) is 11.1 Å². The number of nitriles is 1. The maximum atomic E-state index is 12.3. The number of ether oxygens (including phenoxy) is 1. The van der Waals surface area contributed by atoms with E-state index in [1.807, 2.05) is 36.4 Å². The van der Waals surface area contributed by atoms with E-state index < -0.39 is 0 Å². The minimum Gasteiger partial charge on any atom is -0.484 e. The maximum absolute atomic E-state index is 12.3. The zero-order chi connectivity index (χ0) is 15.5. The van der Waals surface area contributed by atoms with Gasteiger partial charge in [-0.05, 0) is 30.3 Å². The van der Waals surface area contributed by atoms with Gasteiger partial charge in [-0.2, -0.15) is 5.26 Å². The second-order valence-corrected chi connectivity index (χ2v) is 5.59. The summed E-state index contributed by atoms with van der Waals surface area (Å²) in [5, 5.41) is 9.92. The molecule has 0 unspecified atom stereocenters. The number of rotatable bonds is 3. The Kier molecular flexibility index (Phi) is 3.94. The average molecular weight is 355 g/mol. The lowest BCUT2D eigenvalue weighted by atomic mass is 10.2. The molecule has 4 nitrogen and oxygen atoms in total. The predicted octanol–water partition coefficient (Wildman–Crippen LogP) is 3.99. The maximum Gasteiger partial charge on any atom is 0.269 e. The molecule has 3 aromatic rings. The van der Waals surface area contributed by atoms with E-state index >= 15 is 0 Å².